The summed E-state index contributed by atoms with van der Waals surface area (Å²) in [6, 6.07) is 8.00. The lowest BCUT2D eigenvalue weighted by molar-refractivity contribution is 0.102. The van der Waals surface area contributed by atoms with Crippen LogP contribution in [0.15, 0.2) is 30.6 Å². The fourth-order valence-corrected chi connectivity index (χ4v) is 3.34. The van der Waals surface area contributed by atoms with Crippen molar-refractivity contribution in [3.05, 3.63) is 41.7 Å². The molecular weight excluding hydrogens is 314 g/mol. The van der Waals surface area contributed by atoms with Crippen LogP contribution < -0.4 is 5.32 Å². The Hall–Kier alpha value is -2.21. The fourth-order valence-electron chi connectivity index (χ4n) is 3.34. The zero-order chi connectivity index (χ0) is 17.8. The average Bonchev–Trinajstić information content (AvgIpc) is 3.04. The van der Waals surface area contributed by atoms with Gasteiger partial charge in [-0.3, -0.25) is 15.0 Å². The Balaban J connectivity index is 1.61. The number of aromatic nitrogens is 3. The maximum atomic E-state index is 12.4. The minimum atomic E-state index is -0.159. The van der Waals surface area contributed by atoms with Crippen molar-refractivity contribution in [1.29, 1.82) is 0 Å². The van der Waals surface area contributed by atoms with Crippen LogP contribution in [-0.2, 0) is 6.54 Å². The van der Waals surface area contributed by atoms with Gasteiger partial charge < -0.3 is 0 Å². The lowest BCUT2D eigenvalue weighted by Gasteiger charge is -2.30. The molecule has 25 heavy (non-hydrogen) atoms. The molecule has 134 valence electrons. The average molecular weight is 341 g/mol. The number of hydrogen-bond donors (Lipinski definition) is 1. The SMILES string of the molecule is CC(C)n1ncnc1NC(=O)c1ccc(CN2CCC[C@@H](C)C2)cc1. The third-order valence-electron chi connectivity index (χ3n) is 4.65. The van der Waals surface area contributed by atoms with E-state index in [1.807, 2.05) is 38.1 Å². The van der Waals surface area contributed by atoms with Crippen LogP contribution in [-0.4, -0.2) is 38.7 Å². The highest BCUT2D eigenvalue weighted by Crippen LogP contribution is 2.18. The van der Waals surface area contributed by atoms with Gasteiger partial charge in [-0.2, -0.15) is 10.1 Å². The third kappa shape index (κ3) is 4.45. The molecule has 1 atom stereocenters. The van der Waals surface area contributed by atoms with Gasteiger partial charge in [0, 0.05) is 18.7 Å². The van der Waals surface area contributed by atoms with Crippen LogP contribution in [0.5, 0.6) is 0 Å². The van der Waals surface area contributed by atoms with E-state index in [1.54, 1.807) is 4.68 Å². The number of hydrogen-bond acceptors (Lipinski definition) is 4. The predicted octanol–water partition coefficient (Wildman–Crippen LogP) is 3.34. The largest absolute Gasteiger partial charge is 0.299 e. The number of piperidine rings is 1. The smallest absolute Gasteiger partial charge is 0.258 e. The van der Waals surface area contributed by atoms with E-state index < -0.39 is 0 Å². The minimum absolute atomic E-state index is 0.145. The quantitative estimate of drug-likeness (QED) is 0.906. The molecule has 1 aromatic heterocycles. The summed E-state index contributed by atoms with van der Waals surface area (Å²) in [4.78, 5) is 19.0. The zero-order valence-electron chi connectivity index (χ0n) is 15.3. The van der Waals surface area contributed by atoms with Crippen molar-refractivity contribution in [2.45, 2.75) is 46.2 Å². The summed E-state index contributed by atoms with van der Waals surface area (Å²) < 4.78 is 1.70. The highest BCUT2D eigenvalue weighted by molar-refractivity contribution is 6.03. The molecular formula is C19H27N5O. The molecule has 6 nitrogen and oxygen atoms in total. The molecule has 6 heteroatoms. The molecule has 1 amide bonds. The Kier molecular flexibility index (Phi) is 5.48. The van der Waals surface area contributed by atoms with Crippen molar-refractivity contribution in [2.24, 2.45) is 5.92 Å². The molecule has 1 N–H and O–H groups in total. The number of likely N-dealkylation sites (tertiary alicyclic amines) is 1. The molecule has 1 aliphatic heterocycles. The van der Waals surface area contributed by atoms with Crippen molar-refractivity contribution in [3.63, 3.8) is 0 Å². The Morgan fingerprint density at radius 1 is 1.32 bits per heavy atom. The third-order valence-corrected chi connectivity index (χ3v) is 4.65. The molecule has 3 rings (SSSR count). The van der Waals surface area contributed by atoms with Gasteiger partial charge in [0.05, 0.1) is 6.04 Å². The van der Waals surface area contributed by atoms with Crippen LogP contribution in [0, 0.1) is 5.92 Å². The van der Waals surface area contributed by atoms with E-state index in [1.165, 1.54) is 24.7 Å². The molecule has 2 aromatic rings. The lowest BCUT2D eigenvalue weighted by Crippen LogP contribution is -2.33. The second kappa shape index (κ2) is 7.78. The van der Waals surface area contributed by atoms with E-state index in [9.17, 15) is 4.79 Å². The van der Waals surface area contributed by atoms with E-state index in [4.69, 9.17) is 0 Å². The van der Waals surface area contributed by atoms with Crippen LogP contribution >= 0.6 is 0 Å². The maximum absolute atomic E-state index is 12.4. The highest BCUT2D eigenvalue weighted by atomic mass is 16.1. The van der Waals surface area contributed by atoms with Crippen molar-refractivity contribution >= 4 is 11.9 Å². The first-order chi connectivity index (χ1) is 12.0. The maximum Gasteiger partial charge on any atom is 0.258 e. The molecule has 2 heterocycles. The summed E-state index contributed by atoms with van der Waals surface area (Å²) in [5.74, 6) is 1.09. The number of anilines is 1. The van der Waals surface area contributed by atoms with Crippen molar-refractivity contribution < 1.29 is 4.79 Å². The number of nitrogens with one attached hydrogen (secondary N) is 1. The summed E-state index contributed by atoms with van der Waals surface area (Å²) in [5, 5.41) is 6.97. The van der Waals surface area contributed by atoms with Crippen LogP contribution in [0.3, 0.4) is 0 Å². The molecule has 1 aromatic carbocycles. The van der Waals surface area contributed by atoms with E-state index in [0.717, 1.165) is 25.6 Å². The van der Waals surface area contributed by atoms with Crippen LogP contribution in [0.25, 0.3) is 0 Å². The van der Waals surface area contributed by atoms with Crippen LogP contribution in [0.1, 0.15) is 55.6 Å². The first-order valence-corrected chi connectivity index (χ1v) is 9.05. The Bertz CT molecular complexity index is 707. The van der Waals surface area contributed by atoms with Crippen LogP contribution in [0.2, 0.25) is 0 Å². The normalized spacial score (nSPS) is 18.5. The highest BCUT2D eigenvalue weighted by Gasteiger charge is 2.17. The van der Waals surface area contributed by atoms with Gasteiger partial charge in [-0.1, -0.05) is 19.1 Å². The molecule has 0 saturated carbocycles. The van der Waals surface area contributed by atoms with Gasteiger partial charge in [0.25, 0.3) is 5.91 Å². The molecule has 1 aliphatic rings. The summed E-state index contributed by atoms with van der Waals surface area (Å²) in [5.41, 5.74) is 1.88. The molecule has 1 saturated heterocycles. The Morgan fingerprint density at radius 3 is 2.76 bits per heavy atom. The topological polar surface area (TPSA) is 63.1 Å². The molecule has 0 aliphatic carbocycles. The number of carbonyl (C=O) groups is 1. The zero-order valence-corrected chi connectivity index (χ0v) is 15.3. The van der Waals surface area contributed by atoms with Crippen molar-refractivity contribution in [2.75, 3.05) is 18.4 Å². The van der Waals surface area contributed by atoms with E-state index in [0.29, 0.717) is 11.5 Å². The van der Waals surface area contributed by atoms with E-state index >= 15 is 0 Å². The summed E-state index contributed by atoms with van der Waals surface area (Å²) in [6.07, 6.45) is 4.06. The number of benzene rings is 1. The fraction of sp³-hybridized carbons (Fsp3) is 0.526. The minimum Gasteiger partial charge on any atom is -0.299 e. The van der Waals surface area contributed by atoms with Crippen LogP contribution in [0.4, 0.5) is 5.95 Å². The Morgan fingerprint density at radius 2 is 2.08 bits per heavy atom. The summed E-state index contributed by atoms with van der Waals surface area (Å²) >= 11 is 0. The number of carbonyl (C=O) groups excluding carboxylic acids is 1. The first-order valence-electron chi connectivity index (χ1n) is 9.05. The summed E-state index contributed by atoms with van der Waals surface area (Å²) in [6.45, 7) is 9.59. The number of amides is 1. The Labute approximate surface area is 149 Å². The molecule has 0 spiro atoms. The predicted molar refractivity (Wildman–Crippen MR) is 98.5 cm³/mol. The van der Waals surface area contributed by atoms with E-state index in [2.05, 4.69) is 27.2 Å². The second-order valence-corrected chi connectivity index (χ2v) is 7.26. The standard InChI is InChI=1S/C19H27N5O/c1-14(2)24-19(20-13-21-24)22-18(25)17-8-6-16(7-9-17)12-23-10-4-5-15(3)11-23/h6-9,13-15H,4-5,10-12H2,1-3H3,(H,20,21,22,25)/t15-/m1/s1. The molecule has 0 bridgehead atoms. The molecule has 0 radical (unpaired) electrons. The monoisotopic (exact) mass is 341 g/mol. The van der Waals surface area contributed by atoms with E-state index in [-0.39, 0.29) is 11.9 Å². The molecule has 1 fully saturated rings. The van der Waals surface area contributed by atoms with Gasteiger partial charge in [-0.05, 0) is 56.8 Å². The summed E-state index contributed by atoms with van der Waals surface area (Å²) in [7, 11) is 0. The van der Waals surface area contributed by atoms with Crippen molar-refractivity contribution in [1.82, 2.24) is 19.7 Å². The van der Waals surface area contributed by atoms with Crippen molar-refractivity contribution in [3.8, 4) is 0 Å². The van der Waals surface area contributed by atoms with Gasteiger partial charge in [0.2, 0.25) is 5.95 Å². The van der Waals surface area contributed by atoms with Gasteiger partial charge in [0.1, 0.15) is 6.33 Å². The number of nitrogens with zero attached hydrogens (tertiary/aromatic N) is 4. The van der Waals surface area contributed by atoms with Gasteiger partial charge >= 0.3 is 0 Å². The van der Waals surface area contributed by atoms with Gasteiger partial charge in [0.15, 0.2) is 0 Å². The number of rotatable bonds is 5. The lowest BCUT2D eigenvalue weighted by atomic mass is 9.99. The molecule has 0 unspecified atom stereocenters. The van der Waals surface area contributed by atoms with Gasteiger partial charge in [-0.15, -0.1) is 0 Å². The second-order valence-electron chi connectivity index (χ2n) is 7.26. The van der Waals surface area contributed by atoms with Gasteiger partial charge in [-0.25, -0.2) is 4.68 Å². The first kappa shape index (κ1) is 17.6.